The molecule has 10 nitrogen and oxygen atoms in total. The number of carbonyl (C=O) groups excluding carboxylic acids is 2. The Labute approximate surface area is 243 Å². The molecule has 1 unspecified atom stereocenters. The minimum atomic E-state index is -0.615. The van der Waals surface area contributed by atoms with Gasteiger partial charge in [-0.1, -0.05) is 0 Å². The molecule has 2 amide bonds. The van der Waals surface area contributed by atoms with E-state index in [4.69, 9.17) is 9.47 Å². The molecule has 6 rings (SSSR count). The van der Waals surface area contributed by atoms with Crippen molar-refractivity contribution in [1.29, 1.82) is 5.26 Å². The van der Waals surface area contributed by atoms with E-state index >= 15 is 0 Å². The molecule has 1 aromatic carbocycles. The zero-order valence-electron chi connectivity index (χ0n) is 23.5. The number of anilines is 1. The number of amides is 2. The lowest BCUT2D eigenvalue weighted by atomic mass is 9.61. The first-order valence-electron chi connectivity index (χ1n) is 14.1. The van der Waals surface area contributed by atoms with Crippen molar-refractivity contribution in [2.24, 2.45) is 5.41 Å². The Morgan fingerprint density at radius 2 is 2.05 bits per heavy atom. The molecule has 2 aromatic heterocycles. The van der Waals surface area contributed by atoms with Gasteiger partial charge >= 0.3 is 0 Å². The summed E-state index contributed by atoms with van der Waals surface area (Å²) in [4.78, 5) is 38.7. The Bertz CT molecular complexity index is 1580. The molecule has 4 heterocycles. The number of hydrogen-bond acceptors (Lipinski definition) is 8. The number of rotatable bonds is 8. The summed E-state index contributed by atoms with van der Waals surface area (Å²) in [5, 5.41) is 12.2. The van der Waals surface area contributed by atoms with Crippen molar-refractivity contribution in [1.82, 2.24) is 20.2 Å². The fourth-order valence-electron chi connectivity index (χ4n) is 6.11. The Kier molecular flexibility index (Phi) is 7.14. The van der Waals surface area contributed by atoms with Crippen LogP contribution >= 0.6 is 0 Å². The third kappa shape index (κ3) is 5.09. The molecule has 2 aliphatic heterocycles. The van der Waals surface area contributed by atoms with E-state index in [0.29, 0.717) is 48.0 Å². The molecule has 2 saturated heterocycles. The van der Waals surface area contributed by atoms with Crippen molar-refractivity contribution in [2.75, 3.05) is 38.2 Å². The van der Waals surface area contributed by atoms with Crippen molar-refractivity contribution >= 4 is 17.5 Å². The van der Waals surface area contributed by atoms with E-state index in [9.17, 15) is 19.2 Å². The summed E-state index contributed by atoms with van der Waals surface area (Å²) in [6, 6.07) is 12.9. The Hall–Kier alpha value is -4.72. The van der Waals surface area contributed by atoms with Crippen molar-refractivity contribution in [2.45, 2.75) is 38.3 Å². The largest absolute Gasteiger partial charge is 0.488 e. The topological polar surface area (TPSA) is 121 Å². The van der Waals surface area contributed by atoms with Crippen molar-refractivity contribution in [3.63, 3.8) is 0 Å². The number of nitriles is 1. The summed E-state index contributed by atoms with van der Waals surface area (Å²) in [5.41, 5.74) is 2.36. The molecule has 1 N–H and O–H groups in total. The molecular formula is C31H31FN6O4. The van der Waals surface area contributed by atoms with E-state index < -0.39 is 17.8 Å². The van der Waals surface area contributed by atoms with Gasteiger partial charge in [0.15, 0.2) is 11.4 Å². The van der Waals surface area contributed by atoms with Crippen LogP contribution in [-0.4, -0.2) is 72.1 Å². The monoisotopic (exact) mass is 570 g/mol. The van der Waals surface area contributed by atoms with Crippen molar-refractivity contribution in [3.05, 3.63) is 65.7 Å². The van der Waals surface area contributed by atoms with Crippen LogP contribution in [0.1, 0.15) is 42.2 Å². The average Bonchev–Trinajstić information content (AvgIpc) is 3.26. The second kappa shape index (κ2) is 10.9. The summed E-state index contributed by atoms with van der Waals surface area (Å²) in [6.07, 6.45) is 3.59. The minimum absolute atomic E-state index is 0.0462. The van der Waals surface area contributed by atoms with Crippen LogP contribution in [0.15, 0.2) is 48.7 Å². The van der Waals surface area contributed by atoms with Gasteiger partial charge in [0.2, 0.25) is 11.8 Å². The normalized spacial score (nSPS) is 19.2. The number of ether oxygens (including phenoxy) is 2. The van der Waals surface area contributed by atoms with Crippen molar-refractivity contribution in [3.8, 4) is 29.0 Å². The smallest absolute Gasteiger partial charge is 0.274 e. The van der Waals surface area contributed by atoms with Gasteiger partial charge in [0.05, 0.1) is 29.1 Å². The highest BCUT2D eigenvalue weighted by atomic mass is 19.1. The van der Waals surface area contributed by atoms with Crippen LogP contribution in [-0.2, 0) is 4.79 Å². The second-order valence-electron chi connectivity index (χ2n) is 11.2. The maximum atomic E-state index is 13.6. The first-order valence-corrected chi connectivity index (χ1v) is 14.1. The lowest BCUT2D eigenvalue weighted by Gasteiger charge is -2.59. The maximum Gasteiger partial charge on any atom is 0.274 e. The number of likely N-dealkylation sites (tertiary alicyclic amines) is 1. The molecule has 1 aliphatic carbocycles. The van der Waals surface area contributed by atoms with Crippen LogP contribution in [0.3, 0.4) is 0 Å². The van der Waals surface area contributed by atoms with Crippen LogP contribution in [0.2, 0.25) is 0 Å². The van der Waals surface area contributed by atoms with Gasteiger partial charge in [-0.05, 0) is 68.7 Å². The summed E-state index contributed by atoms with van der Waals surface area (Å²) in [6.45, 7) is 4.36. The highest BCUT2D eigenvalue weighted by molar-refractivity contribution is 5.99. The molecule has 3 fully saturated rings. The second-order valence-corrected chi connectivity index (χ2v) is 11.2. The van der Waals surface area contributed by atoms with Gasteiger partial charge in [0, 0.05) is 38.3 Å². The molecule has 0 bridgehead atoms. The number of nitrogens with zero attached hydrogens (tertiary/aromatic N) is 5. The van der Waals surface area contributed by atoms with Crippen LogP contribution in [0.4, 0.5) is 10.1 Å². The Morgan fingerprint density at radius 1 is 1.24 bits per heavy atom. The van der Waals surface area contributed by atoms with Crippen LogP contribution in [0.25, 0.3) is 11.3 Å². The molecule has 1 saturated carbocycles. The predicted octanol–water partition coefficient (Wildman–Crippen LogP) is 3.56. The highest BCUT2D eigenvalue weighted by Gasteiger charge is 2.54. The fourth-order valence-corrected chi connectivity index (χ4v) is 6.11. The van der Waals surface area contributed by atoms with Gasteiger partial charge < -0.3 is 24.6 Å². The molecule has 216 valence electrons. The van der Waals surface area contributed by atoms with Gasteiger partial charge in [0.1, 0.15) is 24.0 Å². The molecular weight excluding hydrogens is 539 g/mol. The lowest BCUT2D eigenvalue weighted by molar-refractivity contribution is -0.128. The van der Waals surface area contributed by atoms with E-state index in [1.54, 1.807) is 42.4 Å². The van der Waals surface area contributed by atoms with E-state index in [2.05, 4.69) is 26.3 Å². The molecule has 11 heteroatoms. The third-order valence-electron chi connectivity index (χ3n) is 8.22. The number of hydrogen-bond donors (Lipinski definition) is 1. The van der Waals surface area contributed by atoms with E-state index in [0.717, 1.165) is 31.6 Å². The first-order chi connectivity index (χ1) is 20.3. The zero-order valence-corrected chi connectivity index (χ0v) is 23.5. The quantitative estimate of drug-likeness (QED) is 0.437. The SMILES string of the molecule is CCOc1ncccc1-c1ccc(OC2CC3(C2)CN(c2ccc(F)cc2C#N)C3)c(C(=O)NC2CCN(C)C2=O)n1. The third-order valence-corrected chi connectivity index (χ3v) is 8.22. The predicted molar refractivity (Wildman–Crippen MR) is 152 cm³/mol. The summed E-state index contributed by atoms with van der Waals surface area (Å²) < 4.78 is 25.6. The van der Waals surface area contributed by atoms with Crippen LogP contribution in [0.5, 0.6) is 11.6 Å². The van der Waals surface area contributed by atoms with Crippen LogP contribution in [0, 0.1) is 22.6 Å². The zero-order chi connectivity index (χ0) is 29.4. The lowest BCUT2D eigenvalue weighted by Crippen LogP contribution is -2.65. The van der Waals surface area contributed by atoms with E-state index in [1.807, 2.05) is 13.0 Å². The summed E-state index contributed by atoms with van der Waals surface area (Å²) in [5.74, 6) is -0.283. The molecule has 42 heavy (non-hydrogen) atoms. The molecule has 3 aliphatic rings. The van der Waals surface area contributed by atoms with Crippen LogP contribution < -0.4 is 19.7 Å². The number of pyridine rings is 2. The maximum absolute atomic E-state index is 13.6. The molecule has 1 atom stereocenters. The Balaban J connectivity index is 1.19. The molecule has 3 aromatic rings. The number of benzene rings is 1. The number of carbonyl (C=O) groups is 2. The number of aromatic nitrogens is 2. The minimum Gasteiger partial charge on any atom is -0.488 e. The van der Waals surface area contributed by atoms with Gasteiger partial charge in [-0.15, -0.1) is 0 Å². The van der Waals surface area contributed by atoms with E-state index in [-0.39, 0.29) is 23.1 Å². The highest BCUT2D eigenvalue weighted by Crippen LogP contribution is 2.51. The standard InChI is InChI=1S/C31H31FN6O4/c1-3-41-29-22(5-4-11-34-29)23-7-9-26(27(35-23)28(39)36-24-10-12-37(2)30(24)40)42-21-14-31(15-21)17-38(18-31)25-8-6-20(32)13-19(25)16-33/h4-9,11,13,21,24H,3,10,12,14-15,17-18H2,1-2H3,(H,36,39). The van der Waals surface area contributed by atoms with Gasteiger partial charge in [-0.2, -0.15) is 5.26 Å². The Morgan fingerprint density at radius 3 is 2.76 bits per heavy atom. The average molecular weight is 571 g/mol. The first kappa shape index (κ1) is 27.4. The van der Waals surface area contributed by atoms with Gasteiger partial charge in [0.25, 0.3) is 5.91 Å². The fraction of sp³-hybridized carbons (Fsp3) is 0.387. The van der Waals surface area contributed by atoms with E-state index in [1.165, 1.54) is 12.1 Å². The summed E-state index contributed by atoms with van der Waals surface area (Å²) in [7, 11) is 1.71. The molecule has 1 spiro atoms. The number of likely N-dealkylation sites (N-methyl/N-ethyl adjacent to an activating group) is 1. The van der Waals surface area contributed by atoms with Crippen molar-refractivity contribution < 1.29 is 23.5 Å². The number of halogens is 1. The van der Waals surface area contributed by atoms with Gasteiger partial charge in [-0.3, -0.25) is 9.59 Å². The van der Waals surface area contributed by atoms with Gasteiger partial charge in [-0.25, -0.2) is 14.4 Å². The molecule has 0 radical (unpaired) electrons. The number of nitrogens with one attached hydrogen (secondary N) is 1. The summed E-state index contributed by atoms with van der Waals surface area (Å²) >= 11 is 0.